The summed E-state index contributed by atoms with van der Waals surface area (Å²) >= 11 is 0. The molecule has 1 atom stereocenters. The van der Waals surface area contributed by atoms with E-state index >= 15 is 0 Å². The van der Waals surface area contributed by atoms with E-state index in [0.29, 0.717) is 54.4 Å². The zero-order valence-electron chi connectivity index (χ0n) is 25.7. The maximum Gasteiger partial charge on any atom is 0.217 e. The molecule has 11 nitrogen and oxygen atoms in total. The Morgan fingerprint density at radius 1 is 1.07 bits per heavy atom. The van der Waals surface area contributed by atoms with Crippen molar-refractivity contribution in [2.75, 3.05) is 46.3 Å². The Kier molecular flexibility index (Phi) is 12.2. The monoisotopic (exact) mass is 599 g/mol. The Morgan fingerprint density at radius 3 is 2.30 bits per heavy atom. The van der Waals surface area contributed by atoms with Crippen LogP contribution in [0.3, 0.4) is 0 Å². The zero-order valence-corrected chi connectivity index (χ0v) is 25.7. The average molecular weight is 600 g/mol. The first-order chi connectivity index (χ1) is 20.6. The topological polar surface area (TPSA) is 174 Å². The summed E-state index contributed by atoms with van der Waals surface area (Å²) in [4.78, 5) is 37.2. The number of amides is 1. The molecule has 2 aliphatic rings. The maximum absolute atomic E-state index is 13.5. The van der Waals surface area contributed by atoms with Gasteiger partial charge in [0.15, 0.2) is 11.5 Å². The van der Waals surface area contributed by atoms with Crippen LogP contribution in [0.5, 0.6) is 17.2 Å². The quantitative estimate of drug-likeness (QED) is 0.316. The van der Waals surface area contributed by atoms with Crippen molar-refractivity contribution in [1.29, 1.82) is 0 Å². The summed E-state index contributed by atoms with van der Waals surface area (Å²) in [7, 11) is 4.67. The van der Waals surface area contributed by atoms with Crippen molar-refractivity contribution in [2.24, 2.45) is 5.41 Å². The van der Waals surface area contributed by atoms with Gasteiger partial charge in [0.2, 0.25) is 17.1 Å². The molecule has 0 saturated heterocycles. The van der Waals surface area contributed by atoms with E-state index < -0.39 is 17.4 Å². The van der Waals surface area contributed by atoms with E-state index in [2.05, 4.69) is 16.4 Å². The van der Waals surface area contributed by atoms with Crippen LogP contribution in [0.1, 0.15) is 69.0 Å². The van der Waals surface area contributed by atoms with E-state index in [1.54, 1.807) is 33.5 Å². The third-order valence-electron chi connectivity index (χ3n) is 8.16. The smallest absolute Gasteiger partial charge is 0.217 e. The lowest BCUT2D eigenvalue weighted by Crippen LogP contribution is -2.51. The highest BCUT2D eigenvalue weighted by atomic mass is 16.5. The van der Waals surface area contributed by atoms with Gasteiger partial charge in [0, 0.05) is 25.0 Å². The first-order valence-corrected chi connectivity index (χ1v) is 14.7. The second-order valence-electron chi connectivity index (χ2n) is 11.1. The van der Waals surface area contributed by atoms with Crippen LogP contribution < -0.4 is 41.1 Å². The van der Waals surface area contributed by atoms with Crippen LogP contribution >= 0.6 is 0 Å². The molecule has 0 aromatic heterocycles. The Labute approximate surface area is 252 Å². The zero-order chi connectivity index (χ0) is 31.6. The number of aliphatic carboxylic acids is 1. The maximum atomic E-state index is 13.5. The Balaban J connectivity index is 0.00000119. The number of anilines is 1. The largest absolute Gasteiger partial charge is 0.550 e. The van der Waals surface area contributed by atoms with Gasteiger partial charge in [0.1, 0.15) is 0 Å². The van der Waals surface area contributed by atoms with Gasteiger partial charge in [-0.2, -0.15) is 0 Å². The van der Waals surface area contributed by atoms with Crippen molar-refractivity contribution in [1.82, 2.24) is 5.32 Å². The van der Waals surface area contributed by atoms with Gasteiger partial charge in [-0.3, -0.25) is 9.59 Å². The molecule has 2 aromatic carbocycles. The van der Waals surface area contributed by atoms with Crippen LogP contribution in [0.15, 0.2) is 29.1 Å². The fraction of sp³-hybridized carbons (Fsp3) is 0.531. The summed E-state index contributed by atoms with van der Waals surface area (Å²) in [5, 5.41) is 25.6. The van der Waals surface area contributed by atoms with Crippen molar-refractivity contribution in [3.8, 4) is 28.4 Å². The number of nitrogens with one attached hydrogen (secondary N) is 2. The molecule has 236 valence electrons. The first-order valence-electron chi connectivity index (χ1n) is 14.7. The van der Waals surface area contributed by atoms with Gasteiger partial charge in [-0.15, -0.1) is 0 Å². The van der Waals surface area contributed by atoms with Gasteiger partial charge in [-0.1, -0.05) is 25.3 Å². The van der Waals surface area contributed by atoms with E-state index in [9.17, 15) is 19.5 Å². The number of methoxy groups -OCH3 is 3. The number of carbonyl (C=O) groups is 2. The summed E-state index contributed by atoms with van der Waals surface area (Å²) in [6.45, 7) is 2.66. The number of aliphatic hydroxyl groups excluding tert-OH is 1. The molecule has 0 heterocycles. The number of aliphatic hydroxyl groups is 1. The number of hydrogen-bond donors (Lipinski definition) is 4. The molecule has 6 N–H and O–H groups in total. The van der Waals surface area contributed by atoms with Crippen molar-refractivity contribution >= 4 is 17.6 Å². The molecular formula is C32H45N3O8. The second kappa shape index (κ2) is 15.6. The first kappa shape index (κ1) is 33.7. The number of benzene rings is 1. The van der Waals surface area contributed by atoms with E-state index in [4.69, 9.17) is 19.3 Å². The number of aryl methyl sites for hydroxylation is 1. The van der Waals surface area contributed by atoms with Gasteiger partial charge in [-0.25, -0.2) is 0 Å². The number of rotatable bonds is 10. The van der Waals surface area contributed by atoms with Crippen LogP contribution in [0.2, 0.25) is 0 Å². The van der Waals surface area contributed by atoms with E-state index in [1.165, 1.54) is 6.92 Å². The van der Waals surface area contributed by atoms with Crippen molar-refractivity contribution in [3.05, 3.63) is 45.6 Å². The molecule has 0 bridgehead atoms. The van der Waals surface area contributed by atoms with E-state index in [1.807, 2.05) is 12.1 Å². The molecule has 0 unspecified atom stereocenters. The van der Waals surface area contributed by atoms with E-state index in [-0.39, 0.29) is 24.4 Å². The molecule has 1 amide bonds. The normalized spacial score (nSPS) is 16.7. The standard InChI is InChI=1S/C30H38N2O7.C2H7NO/c1-18(33)32-22-10-8-19-14-25(37-2)28(38-3)29(39-4)27(19)20-9-11-23(24(34)15-21(20)22)31-17-30(16-26(35)36)12-6-5-7-13-30;3-1-2-4/h9,11,14-15,22H,5-8,10,12-13,16-17H2,1-4H3,(H,31,34)(H,32,33)(H,35,36);4H,1-3H2/t22-;/m0./s1. The number of hydrogen-bond acceptors (Lipinski definition) is 9. The number of quaternary nitrogens is 1. The highest BCUT2D eigenvalue weighted by Crippen LogP contribution is 2.50. The highest BCUT2D eigenvalue weighted by Gasteiger charge is 2.33. The fourth-order valence-electron chi connectivity index (χ4n) is 6.16. The van der Waals surface area contributed by atoms with Gasteiger partial charge >= 0.3 is 0 Å². The number of carboxylic acid groups (broad SMARTS) is 1. The highest BCUT2D eigenvalue weighted by molar-refractivity contribution is 5.83. The number of carboxylic acids is 1. The Hall–Kier alpha value is -3.83. The van der Waals surface area contributed by atoms with Crippen LogP contribution in [-0.2, 0) is 16.0 Å². The molecule has 1 saturated carbocycles. The molecule has 0 radical (unpaired) electrons. The lowest BCUT2D eigenvalue weighted by atomic mass is 9.71. The summed E-state index contributed by atoms with van der Waals surface area (Å²) in [5.41, 5.74) is 6.17. The summed E-state index contributed by atoms with van der Waals surface area (Å²) < 4.78 is 17.0. The molecule has 0 aliphatic heterocycles. The fourth-order valence-corrected chi connectivity index (χ4v) is 6.16. The van der Waals surface area contributed by atoms with Crippen molar-refractivity contribution in [2.45, 2.75) is 64.3 Å². The van der Waals surface area contributed by atoms with Crippen LogP contribution in [0, 0.1) is 5.41 Å². The third kappa shape index (κ3) is 8.17. The van der Waals surface area contributed by atoms with Crippen LogP contribution in [0.4, 0.5) is 5.69 Å². The SMILES string of the molecule is COc1cc2c(c(OC)c1OC)-c1ccc(NCC3(CC(=O)[O-])CCCCC3)c(=O)cc1[C@@H](NC(C)=O)CC2.[NH3+]CCO. The van der Waals surface area contributed by atoms with Gasteiger partial charge < -0.3 is 45.6 Å². The predicted octanol–water partition coefficient (Wildman–Crippen LogP) is 1.59. The predicted molar refractivity (Wildman–Crippen MR) is 161 cm³/mol. The molecular weight excluding hydrogens is 554 g/mol. The van der Waals surface area contributed by atoms with Gasteiger partial charge in [0.25, 0.3) is 0 Å². The molecule has 4 rings (SSSR count). The molecule has 2 aliphatic carbocycles. The minimum absolute atomic E-state index is 0.0412. The molecule has 2 aromatic rings. The number of ether oxygens (including phenoxy) is 3. The molecule has 1 fully saturated rings. The van der Waals surface area contributed by atoms with Crippen molar-refractivity contribution in [3.63, 3.8) is 0 Å². The summed E-state index contributed by atoms with van der Waals surface area (Å²) in [6.07, 6.45) is 5.67. The third-order valence-corrected chi connectivity index (χ3v) is 8.16. The van der Waals surface area contributed by atoms with Gasteiger partial charge in [-0.05, 0) is 72.4 Å². The minimum atomic E-state index is -1.07. The molecule has 0 spiro atoms. The van der Waals surface area contributed by atoms with Crippen LogP contribution in [-0.4, -0.2) is 58.0 Å². The minimum Gasteiger partial charge on any atom is -0.550 e. The molecule has 43 heavy (non-hydrogen) atoms. The van der Waals surface area contributed by atoms with Crippen molar-refractivity contribution < 1.29 is 39.7 Å². The number of fused-ring (bicyclic) bond motifs is 3. The summed E-state index contributed by atoms with van der Waals surface area (Å²) in [6, 6.07) is 6.66. The van der Waals surface area contributed by atoms with Crippen LogP contribution in [0.25, 0.3) is 11.1 Å². The number of carbonyl (C=O) groups excluding carboxylic acids is 2. The lowest BCUT2D eigenvalue weighted by Gasteiger charge is -2.38. The van der Waals surface area contributed by atoms with Gasteiger partial charge in [0.05, 0.1) is 46.2 Å². The Morgan fingerprint density at radius 2 is 1.74 bits per heavy atom. The molecule has 11 heteroatoms. The Bertz CT molecular complexity index is 1340. The average Bonchev–Trinajstić information content (AvgIpc) is 3.23. The lowest BCUT2D eigenvalue weighted by molar-refractivity contribution is -0.372. The second-order valence-corrected chi connectivity index (χ2v) is 11.1. The summed E-state index contributed by atoms with van der Waals surface area (Å²) in [5.74, 6) is 0.192. The van der Waals surface area contributed by atoms with E-state index in [0.717, 1.165) is 48.8 Å².